The number of nitrogens with one attached hydrogen (secondary N) is 2. The first kappa shape index (κ1) is 16.7. The van der Waals surface area contributed by atoms with Crippen LogP contribution in [0, 0.1) is 0 Å². The fourth-order valence-electron chi connectivity index (χ4n) is 2.19. The van der Waals surface area contributed by atoms with Gasteiger partial charge >= 0.3 is 10.2 Å². The summed E-state index contributed by atoms with van der Waals surface area (Å²) in [5, 5.41) is 1.11. The Morgan fingerprint density at radius 2 is 1.54 bits per heavy atom. The molecule has 1 aromatic heterocycles. The standard InChI is InChI=1S/C14H10ClFN2O4S2/c15-12-5-6-13(14-11(12)7-8-17-14)18-24(21,22)10-3-1-9(2-4-10)23(16,19)20/h1-8,17-18H. The van der Waals surface area contributed by atoms with Gasteiger partial charge in [-0.2, -0.15) is 8.42 Å². The second-order valence-electron chi connectivity index (χ2n) is 4.88. The van der Waals surface area contributed by atoms with E-state index < -0.39 is 25.1 Å². The minimum atomic E-state index is -4.88. The van der Waals surface area contributed by atoms with Crippen molar-refractivity contribution in [3.8, 4) is 0 Å². The van der Waals surface area contributed by atoms with E-state index in [0.29, 0.717) is 15.9 Å². The molecular formula is C14H10ClFN2O4S2. The van der Waals surface area contributed by atoms with Gasteiger partial charge in [-0.3, -0.25) is 4.72 Å². The normalized spacial score (nSPS) is 12.4. The lowest BCUT2D eigenvalue weighted by Gasteiger charge is -2.10. The third-order valence-corrected chi connectivity index (χ3v) is 5.88. The van der Waals surface area contributed by atoms with Crippen LogP contribution < -0.4 is 4.72 Å². The van der Waals surface area contributed by atoms with Gasteiger partial charge in [0.2, 0.25) is 0 Å². The molecule has 3 rings (SSSR count). The Hall–Kier alpha value is -2.10. The molecule has 126 valence electrons. The van der Waals surface area contributed by atoms with Crippen LogP contribution in [0.25, 0.3) is 10.9 Å². The smallest absolute Gasteiger partial charge is 0.332 e. The molecular weight excluding hydrogens is 379 g/mol. The molecule has 0 atom stereocenters. The highest BCUT2D eigenvalue weighted by Crippen LogP contribution is 2.30. The van der Waals surface area contributed by atoms with Gasteiger partial charge < -0.3 is 4.98 Å². The van der Waals surface area contributed by atoms with Crippen LogP contribution in [0.3, 0.4) is 0 Å². The molecule has 0 saturated heterocycles. The second-order valence-corrected chi connectivity index (χ2v) is 8.31. The summed E-state index contributed by atoms with van der Waals surface area (Å²) >= 11 is 6.03. The molecule has 0 fully saturated rings. The van der Waals surface area contributed by atoms with Gasteiger partial charge in [0.05, 0.1) is 26.0 Å². The monoisotopic (exact) mass is 388 g/mol. The number of aromatic amines is 1. The maximum Gasteiger partial charge on any atom is 0.332 e. The Morgan fingerprint density at radius 3 is 2.17 bits per heavy atom. The molecule has 10 heteroatoms. The number of aromatic nitrogens is 1. The molecule has 0 unspecified atom stereocenters. The van der Waals surface area contributed by atoms with Gasteiger partial charge in [-0.05, 0) is 42.5 Å². The van der Waals surface area contributed by atoms with E-state index in [-0.39, 0.29) is 10.6 Å². The van der Waals surface area contributed by atoms with E-state index in [2.05, 4.69) is 9.71 Å². The Kier molecular flexibility index (Phi) is 4.02. The molecule has 2 aromatic carbocycles. The fraction of sp³-hybridized carbons (Fsp3) is 0. The molecule has 0 radical (unpaired) electrons. The van der Waals surface area contributed by atoms with Crippen LogP contribution in [-0.4, -0.2) is 21.8 Å². The molecule has 0 saturated carbocycles. The lowest BCUT2D eigenvalue weighted by atomic mass is 10.2. The predicted octanol–water partition coefficient (Wildman–Crippen LogP) is 3.28. The van der Waals surface area contributed by atoms with Gasteiger partial charge in [-0.1, -0.05) is 11.6 Å². The summed E-state index contributed by atoms with van der Waals surface area (Å²) in [6.07, 6.45) is 1.62. The van der Waals surface area contributed by atoms with Crippen LogP contribution in [-0.2, 0) is 20.2 Å². The van der Waals surface area contributed by atoms with E-state index in [1.807, 2.05) is 0 Å². The van der Waals surface area contributed by atoms with E-state index >= 15 is 0 Å². The van der Waals surface area contributed by atoms with Crippen molar-refractivity contribution in [2.45, 2.75) is 9.79 Å². The van der Waals surface area contributed by atoms with Crippen molar-refractivity contribution in [1.29, 1.82) is 0 Å². The third kappa shape index (κ3) is 3.10. The van der Waals surface area contributed by atoms with Gasteiger partial charge in [0.25, 0.3) is 10.0 Å². The second kappa shape index (κ2) is 5.76. The van der Waals surface area contributed by atoms with Crippen molar-refractivity contribution >= 4 is 48.4 Å². The van der Waals surface area contributed by atoms with Crippen LogP contribution in [0.2, 0.25) is 5.02 Å². The Labute approximate surface area is 142 Å². The molecule has 0 aliphatic rings. The lowest BCUT2D eigenvalue weighted by Crippen LogP contribution is -2.13. The van der Waals surface area contributed by atoms with Crippen molar-refractivity contribution in [3.63, 3.8) is 0 Å². The Bertz CT molecular complexity index is 1120. The van der Waals surface area contributed by atoms with Crippen LogP contribution in [0.5, 0.6) is 0 Å². The number of hydrogen-bond donors (Lipinski definition) is 2. The summed E-state index contributed by atoms with van der Waals surface area (Å²) in [4.78, 5) is 2.08. The molecule has 0 aliphatic heterocycles. The first-order valence-corrected chi connectivity index (χ1v) is 9.76. The predicted molar refractivity (Wildman–Crippen MR) is 88.9 cm³/mol. The topological polar surface area (TPSA) is 96.1 Å². The van der Waals surface area contributed by atoms with Crippen molar-refractivity contribution in [2.24, 2.45) is 0 Å². The number of halogens is 2. The van der Waals surface area contributed by atoms with E-state index in [0.717, 1.165) is 24.3 Å². The summed E-state index contributed by atoms with van der Waals surface area (Å²) in [6, 6.07) is 8.54. The quantitative estimate of drug-likeness (QED) is 0.670. The van der Waals surface area contributed by atoms with E-state index in [1.165, 1.54) is 6.07 Å². The minimum Gasteiger partial charge on any atom is -0.359 e. The summed E-state index contributed by atoms with van der Waals surface area (Å²) in [5.41, 5.74) is 0.788. The van der Waals surface area contributed by atoms with Gasteiger partial charge in [0.15, 0.2) is 0 Å². The molecule has 24 heavy (non-hydrogen) atoms. The first-order valence-electron chi connectivity index (χ1n) is 6.52. The molecule has 0 bridgehead atoms. The Balaban J connectivity index is 1.99. The molecule has 0 amide bonds. The fourth-order valence-corrected chi connectivity index (χ4v) is 3.94. The maximum atomic E-state index is 12.9. The SMILES string of the molecule is O=S(=O)(F)c1ccc(S(=O)(=O)Nc2ccc(Cl)c3cc[nH]c23)cc1. The van der Waals surface area contributed by atoms with Crippen molar-refractivity contribution in [3.05, 3.63) is 53.7 Å². The van der Waals surface area contributed by atoms with Gasteiger partial charge in [0.1, 0.15) is 0 Å². The van der Waals surface area contributed by atoms with Gasteiger partial charge in [0, 0.05) is 11.6 Å². The summed E-state index contributed by atoms with van der Waals surface area (Å²) in [7, 11) is -8.87. The van der Waals surface area contributed by atoms with Crippen LogP contribution in [0.15, 0.2) is 58.5 Å². The summed E-state index contributed by atoms with van der Waals surface area (Å²) in [6.45, 7) is 0. The highest BCUT2D eigenvalue weighted by atomic mass is 35.5. The number of sulfonamides is 1. The number of hydrogen-bond acceptors (Lipinski definition) is 4. The zero-order valence-corrected chi connectivity index (χ0v) is 14.2. The third-order valence-electron chi connectivity index (χ3n) is 3.33. The maximum absolute atomic E-state index is 12.9. The Morgan fingerprint density at radius 1 is 0.917 bits per heavy atom. The van der Waals surface area contributed by atoms with Crippen LogP contribution in [0.1, 0.15) is 0 Å². The van der Waals surface area contributed by atoms with Crippen LogP contribution in [0.4, 0.5) is 9.57 Å². The molecule has 2 N–H and O–H groups in total. The molecule has 0 spiro atoms. The number of benzene rings is 2. The van der Waals surface area contributed by atoms with Gasteiger partial charge in [-0.25, -0.2) is 8.42 Å². The van der Waals surface area contributed by atoms with Gasteiger partial charge in [-0.15, -0.1) is 3.89 Å². The molecule has 1 heterocycles. The summed E-state index contributed by atoms with van der Waals surface area (Å²) in [5.74, 6) is 0. The average Bonchev–Trinajstić information content (AvgIpc) is 3.00. The van der Waals surface area contributed by atoms with Crippen molar-refractivity contribution in [1.82, 2.24) is 4.98 Å². The van der Waals surface area contributed by atoms with Crippen molar-refractivity contribution < 1.29 is 20.7 Å². The number of fused-ring (bicyclic) bond motifs is 1. The molecule has 0 aliphatic carbocycles. The minimum absolute atomic E-state index is 0.204. The highest BCUT2D eigenvalue weighted by Gasteiger charge is 2.19. The molecule has 6 nitrogen and oxygen atoms in total. The van der Waals surface area contributed by atoms with Crippen LogP contribution >= 0.6 is 11.6 Å². The lowest BCUT2D eigenvalue weighted by molar-refractivity contribution is 0.551. The number of rotatable bonds is 4. The first-order chi connectivity index (χ1) is 11.2. The van der Waals surface area contributed by atoms with E-state index in [4.69, 9.17) is 11.6 Å². The average molecular weight is 389 g/mol. The zero-order chi connectivity index (χ0) is 17.5. The number of H-pyrrole nitrogens is 1. The summed E-state index contributed by atoms with van der Waals surface area (Å²) < 4.78 is 61.6. The zero-order valence-electron chi connectivity index (χ0n) is 11.8. The highest BCUT2D eigenvalue weighted by molar-refractivity contribution is 7.92. The van der Waals surface area contributed by atoms with E-state index in [1.54, 1.807) is 18.3 Å². The molecule has 3 aromatic rings. The van der Waals surface area contributed by atoms with E-state index in [9.17, 15) is 20.7 Å². The van der Waals surface area contributed by atoms with Crippen molar-refractivity contribution in [2.75, 3.05) is 4.72 Å². The number of anilines is 1. The largest absolute Gasteiger partial charge is 0.359 e.